The zero-order valence-corrected chi connectivity index (χ0v) is 18.6. The van der Waals surface area contributed by atoms with Crippen LogP contribution in [-0.4, -0.2) is 41.6 Å². The summed E-state index contributed by atoms with van der Waals surface area (Å²) in [4.78, 5) is 38.3. The molecule has 1 amide bonds. The number of H-pyrrole nitrogens is 1. The van der Waals surface area contributed by atoms with Gasteiger partial charge in [0.2, 0.25) is 0 Å². The average molecular weight is 470 g/mol. The van der Waals surface area contributed by atoms with Gasteiger partial charge in [-0.05, 0) is 45.0 Å². The molecule has 0 atom stereocenters. The maximum atomic E-state index is 13.4. The quantitative estimate of drug-likeness (QED) is 0.478. The van der Waals surface area contributed by atoms with E-state index in [0.29, 0.717) is 22.4 Å². The molecule has 4 aromatic rings. The van der Waals surface area contributed by atoms with Gasteiger partial charge in [0.05, 0.1) is 40.5 Å². The summed E-state index contributed by atoms with van der Waals surface area (Å²) < 4.78 is 39.8. The topological polar surface area (TPSA) is 96.8 Å². The normalized spacial score (nSPS) is 11.9. The Labute approximate surface area is 192 Å². The summed E-state index contributed by atoms with van der Waals surface area (Å²) in [6.07, 6.45) is -2.43. The van der Waals surface area contributed by atoms with Crippen LogP contribution in [0.3, 0.4) is 0 Å². The number of carbonyl (C=O) groups excluding carboxylic acids is 1. The molecular weight excluding hydrogens is 449 g/mol. The Hall–Kier alpha value is -4.02. The van der Waals surface area contributed by atoms with Crippen molar-refractivity contribution in [3.05, 3.63) is 81.8 Å². The second-order valence-electron chi connectivity index (χ2n) is 8.01. The van der Waals surface area contributed by atoms with Crippen LogP contribution in [-0.2, 0) is 12.7 Å². The third-order valence-corrected chi connectivity index (χ3v) is 5.40. The summed E-state index contributed by atoms with van der Waals surface area (Å²) in [5.74, 6) is 0.128. The highest BCUT2D eigenvalue weighted by Gasteiger charge is 2.31. The fourth-order valence-corrected chi connectivity index (χ4v) is 3.54. The van der Waals surface area contributed by atoms with E-state index in [1.54, 1.807) is 31.2 Å². The van der Waals surface area contributed by atoms with Gasteiger partial charge in [-0.2, -0.15) is 18.3 Å². The standard InChI is InChI=1S/C23H21F3N6O2/c1-13(2)31(12-19-29-18-7-5-4-6-16(18)21(33)30-19)22(34)17-11-28-32(14(17)3)20-9-8-15(10-27-20)23(24,25)26/h4-11,13H,12H2,1-3H3,(H,29,30,33). The van der Waals surface area contributed by atoms with Crippen LogP contribution in [0, 0.1) is 6.92 Å². The van der Waals surface area contributed by atoms with Crippen LogP contribution in [0.15, 0.2) is 53.6 Å². The molecule has 176 valence electrons. The molecule has 34 heavy (non-hydrogen) atoms. The minimum Gasteiger partial charge on any atom is -0.329 e. The molecule has 0 spiro atoms. The van der Waals surface area contributed by atoms with Gasteiger partial charge in [0.25, 0.3) is 11.5 Å². The van der Waals surface area contributed by atoms with Gasteiger partial charge in [-0.25, -0.2) is 14.6 Å². The van der Waals surface area contributed by atoms with E-state index in [1.165, 1.54) is 21.8 Å². The SMILES string of the molecule is Cc1c(C(=O)N(Cc2nc3ccccc3c(=O)[nH]2)C(C)C)cnn1-c1ccc(C(F)(F)F)cn1. The number of fused-ring (bicyclic) bond motifs is 1. The Morgan fingerprint density at radius 1 is 1.15 bits per heavy atom. The lowest BCUT2D eigenvalue weighted by molar-refractivity contribution is -0.137. The van der Waals surface area contributed by atoms with E-state index in [-0.39, 0.29) is 35.4 Å². The third-order valence-electron chi connectivity index (χ3n) is 5.40. The number of rotatable bonds is 5. The summed E-state index contributed by atoms with van der Waals surface area (Å²) in [6.45, 7) is 5.34. The lowest BCUT2D eigenvalue weighted by atomic mass is 10.2. The van der Waals surface area contributed by atoms with Gasteiger partial charge in [0.15, 0.2) is 5.82 Å². The fraction of sp³-hybridized carbons (Fsp3) is 0.261. The number of aromatic amines is 1. The molecule has 0 bridgehead atoms. The molecule has 0 fully saturated rings. The fourth-order valence-electron chi connectivity index (χ4n) is 3.54. The summed E-state index contributed by atoms with van der Waals surface area (Å²) >= 11 is 0. The number of halogens is 3. The first-order valence-electron chi connectivity index (χ1n) is 10.4. The van der Waals surface area contributed by atoms with E-state index < -0.39 is 11.7 Å². The zero-order chi connectivity index (χ0) is 24.6. The number of nitrogens with zero attached hydrogens (tertiary/aromatic N) is 5. The van der Waals surface area contributed by atoms with Crippen LogP contribution in [0.1, 0.15) is 41.3 Å². The smallest absolute Gasteiger partial charge is 0.329 e. The molecule has 0 radical (unpaired) electrons. The number of carbonyl (C=O) groups is 1. The molecule has 4 rings (SSSR count). The van der Waals surface area contributed by atoms with E-state index in [1.807, 2.05) is 13.8 Å². The number of nitrogens with one attached hydrogen (secondary N) is 1. The maximum absolute atomic E-state index is 13.4. The van der Waals surface area contributed by atoms with E-state index in [4.69, 9.17) is 0 Å². The molecule has 8 nitrogen and oxygen atoms in total. The van der Waals surface area contributed by atoms with E-state index in [0.717, 1.165) is 12.3 Å². The third kappa shape index (κ3) is 4.41. The number of hydrogen-bond acceptors (Lipinski definition) is 5. The molecule has 0 aliphatic rings. The highest BCUT2D eigenvalue weighted by Crippen LogP contribution is 2.29. The number of aromatic nitrogens is 5. The Kier molecular flexibility index (Phi) is 5.94. The van der Waals surface area contributed by atoms with Crippen molar-refractivity contribution in [2.24, 2.45) is 0 Å². The number of para-hydroxylation sites is 1. The van der Waals surface area contributed by atoms with E-state index in [2.05, 4.69) is 20.1 Å². The molecule has 0 aliphatic carbocycles. The lowest BCUT2D eigenvalue weighted by Crippen LogP contribution is -2.37. The zero-order valence-electron chi connectivity index (χ0n) is 18.6. The lowest BCUT2D eigenvalue weighted by Gasteiger charge is -2.26. The molecule has 0 saturated heterocycles. The van der Waals surface area contributed by atoms with Crippen molar-refractivity contribution >= 4 is 16.8 Å². The van der Waals surface area contributed by atoms with Crippen LogP contribution in [0.5, 0.6) is 0 Å². The number of alkyl halides is 3. The predicted molar refractivity (Wildman–Crippen MR) is 118 cm³/mol. The van der Waals surface area contributed by atoms with Crippen molar-refractivity contribution in [2.45, 2.75) is 39.5 Å². The van der Waals surface area contributed by atoms with Gasteiger partial charge < -0.3 is 9.88 Å². The maximum Gasteiger partial charge on any atom is 0.417 e. The Morgan fingerprint density at radius 2 is 1.88 bits per heavy atom. The summed E-state index contributed by atoms with van der Waals surface area (Å²) in [5.41, 5.74) is 0.0329. The second kappa shape index (κ2) is 8.73. The first-order valence-corrected chi connectivity index (χ1v) is 10.4. The van der Waals surface area contributed by atoms with Crippen LogP contribution in [0.2, 0.25) is 0 Å². The van der Waals surface area contributed by atoms with E-state index >= 15 is 0 Å². The minimum absolute atomic E-state index is 0.0553. The Balaban J connectivity index is 1.63. The summed E-state index contributed by atoms with van der Waals surface area (Å²) in [6, 6.07) is 8.78. The van der Waals surface area contributed by atoms with Gasteiger partial charge >= 0.3 is 6.18 Å². The Morgan fingerprint density at radius 3 is 2.53 bits per heavy atom. The monoisotopic (exact) mass is 470 g/mol. The van der Waals surface area contributed by atoms with Gasteiger partial charge in [-0.3, -0.25) is 9.59 Å². The van der Waals surface area contributed by atoms with Crippen LogP contribution in [0.25, 0.3) is 16.7 Å². The van der Waals surface area contributed by atoms with Crippen LogP contribution in [0.4, 0.5) is 13.2 Å². The van der Waals surface area contributed by atoms with Crippen molar-refractivity contribution in [1.29, 1.82) is 0 Å². The largest absolute Gasteiger partial charge is 0.417 e. The molecule has 3 aromatic heterocycles. The molecule has 0 saturated carbocycles. The van der Waals surface area contributed by atoms with E-state index in [9.17, 15) is 22.8 Å². The molecular formula is C23H21F3N6O2. The van der Waals surface area contributed by atoms with Crippen molar-refractivity contribution in [2.75, 3.05) is 0 Å². The number of hydrogen-bond donors (Lipinski definition) is 1. The molecule has 3 heterocycles. The van der Waals surface area contributed by atoms with Crippen LogP contribution < -0.4 is 5.56 Å². The summed E-state index contributed by atoms with van der Waals surface area (Å²) in [5, 5.41) is 4.61. The molecule has 1 N–H and O–H groups in total. The molecule has 1 aromatic carbocycles. The Bertz CT molecular complexity index is 1410. The number of pyridine rings is 1. The predicted octanol–water partition coefficient (Wildman–Crippen LogP) is 3.88. The van der Waals surface area contributed by atoms with Crippen molar-refractivity contribution in [3.63, 3.8) is 0 Å². The van der Waals surface area contributed by atoms with Crippen LogP contribution >= 0.6 is 0 Å². The highest BCUT2D eigenvalue weighted by molar-refractivity contribution is 5.95. The first-order chi connectivity index (χ1) is 16.1. The van der Waals surface area contributed by atoms with Gasteiger partial charge in [0, 0.05) is 12.2 Å². The number of amides is 1. The van der Waals surface area contributed by atoms with Crippen molar-refractivity contribution in [3.8, 4) is 5.82 Å². The molecule has 0 aliphatic heterocycles. The average Bonchev–Trinajstić information content (AvgIpc) is 3.17. The second-order valence-corrected chi connectivity index (χ2v) is 8.01. The van der Waals surface area contributed by atoms with Crippen molar-refractivity contribution < 1.29 is 18.0 Å². The van der Waals surface area contributed by atoms with Gasteiger partial charge in [-0.1, -0.05) is 12.1 Å². The van der Waals surface area contributed by atoms with Crippen molar-refractivity contribution in [1.82, 2.24) is 29.6 Å². The minimum atomic E-state index is -4.50. The number of benzene rings is 1. The summed E-state index contributed by atoms with van der Waals surface area (Å²) in [7, 11) is 0. The first kappa shape index (κ1) is 23.1. The van der Waals surface area contributed by atoms with Gasteiger partial charge in [0.1, 0.15) is 5.82 Å². The highest BCUT2D eigenvalue weighted by atomic mass is 19.4. The molecule has 11 heteroatoms. The van der Waals surface area contributed by atoms with Gasteiger partial charge in [-0.15, -0.1) is 0 Å². The molecule has 0 unspecified atom stereocenters.